The molecule has 8 nitrogen and oxygen atoms in total. The SMILES string of the molecule is Oc1cc2c(O)cc1Cc1cc(O)c(cc1O)Cc1cc(O)c(cc1O)Cc1cc(O)c(cc1O)C2. The highest BCUT2D eigenvalue weighted by Gasteiger charge is 2.19. The number of rotatable bonds is 0. The highest BCUT2D eigenvalue weighted by Crippen LogP contribution is 2.39. The van der Waals surface area contributed by atoms with Gasteiger partial charge in [-0.05, 0) is 48.5 Å². The van der Waals surface area contributed by atoms with Crippen LogP contribution in [0.2, 0.25) is 0 Å². The van der Waals surface area contributed by atoms with Crippen LogP contribution in [-0.2, 0) is 25.7 Å². The molecule has 0 saturated heterocycles. The molecule has 0 atom stereocenters. The third kappa shape index (κ3) is 4.13. The highest BCUT2D eigenvalue weighted by atomic mass is 16.3. The van der Waals surface area contributed by atoms with Crippen molar-refractivity contribution in [1.29, 1.82) is 0 Å². The van der Waals surface area contributed by atoms with Gasteiger partial charge in [0.15, 0.2) is 0 Å². The largest absolute Gasteiger partial charge is 0.508 e. The van der Waals surface area contributed by atoms with E-state index in [-0.39, 0.29) is 71.7 Å². The van der Waals surface area contributed by atoms with Gasteiger partial charge in [-0.2, -0.15) is 0 Å². The lowest BCUT2D eigenvalue weighted by Gasteiger charge is -2.16. The smallest absolute Gasteiger partial charge is 0.119 e. The second kappa shape index (κ2) is 8.49. The summed E-state index contributed by atoms with van der Waals surface area (Å²) in [7, 11) is 0. The minimum absolute atomic E-state index is 0.000810. The summed E-state index contributed by atoms with van der Waals surface area (Å²) in [5.74, 6) is -1.22. The summed E-state index contributed by atoms with van der Waals surface area (Å²) in [5.41, 5.74) is 2.40. The Balaban J connectivity index is 1.70. The molecule has 36 heavy (non-hydrogen) atoms. The van der Waals surface area contributed by atoms with Crippen LogP contribution in [0.25, 0.3) is 0 Å². The van der Waals surface area contributed by atoms with Crippen LogP contribution in [0.5, 0.6) is 46.0 Å². The van der Waals surface area contributed by atoms with Crippen LogP contribution in [0, 0.1) is 0 Å². The van der Waals surface area contributed by atoms with Gasteiger partial charge in [0.1, 0.15) is 46.0 Å². The molecule has 0 heterocycles. The number of hydrogen-bond acceptors (Lipinski definition) is 8. The molecule has 4 aromatic rings. The van der Waals surface area contributed by atoms with E-state index in [0.717, 1.165) is 0 Å². The molecule has 8 N–H and O–H groups in total. The monoisotopic (exact) mass is 488 g/mol. The number of phenolic OH excluding ortho intramolecular Hbond substituents is 8. The molecule has 10 aliphatic carbocycles. The molecule has 0 fully saturated rings. The van der Waals surface area contributed by atoms with Crippen molar-refractivity contribution in [2.75, 3.05) is 0 Å². The lowest BCUT2D eigenvalue weighted by Crippen LogP contribution is -1.99. The molecule has 184 valence electrons. The third-order valence-corrected chi connectivity index (χ3v) is 6.64. The molecule has 0 aromatic heterocycles. The first-order valence-corrected chi connectivity index (χ1v) is 11.2. The first kappa shape index (κ1) is 23.0. The molecule has 0 radical (unpaired) electrons. The zero-order valence-electron chi connectivity index (χ0n) is 19.0. The molecule has 0 unspecified atom stereocenters. The highest BCUT2D eigenvalue weighted by molar-refractivity contribution is 5.57. The van der Waals surface area contributed by atoms with Crippen molar-refractivity contribution in [1.82, 2.24) is 0 Å². The quantitative estimate of drug-likeness (QED) is 0.152. The first-order chi connectivity index (χ1) is 17.1. The van der Waals surface area contributed by atoms with Gasteiger partial charge in [-0.1, -0.05) is 0 Å². The summed E-state index contributed by atoms with van der Waals surface area (Å²) in [5, 5.41) is 84.7. The Morgan fingerprint density at radius 1 is 0.250 bits per heavy atom. The molecule has 8 bridgehead atoms. The Kier molecular flexibility index (Phi) is 5.44. The van der Waals surface area contributed by atoms with Gasteiger partial charge >= 0.3 is 0 Å². The summed E-state index contributed by atoms with van der Waals surface area (Å²) in [6.45, 7) is 0. The minimum atomic E-state index is -0.152. The maximum atomic E-state index is 10.6. The van der Waals surface area contributed by atoms with Gasteiger partial charge in [-0.3, -0.25) is 0 Å². The summed E-state index contributed by atoms with van der Waals surface area (Å²) >= 11 is 0. The van der Waals surface area contributed by atoms with E-state index in [4.69, 9.17) is 0 Å². The Hall–Kier alpha value is -4.72. The van der Waals surface area contributed by atoms with Crippen molar-refractivity contribution in [3.05, 3.63) is 93.0 Å². The third-order valence-electron chi connectivity index (χ3n) is 6.64. The molecule has 14 rings (SSSR count). The maximum Gasteiger partial charge on any atom is 0.119 e. The second-order valence-corrected chi connectivity index (χ2v) is 9.15. The molecule has 0 amide bonds. The van der Waals surface area contributed by atoms with Crippen LogP contribution in [0.1, 0.15) is 44.5 Å². The standard InChI is InChI=1S/C28H24O8/c29-21-7-15-2-17-9-27(35)19(11-25(17)33)4-20-12-26(34)18(10-28(20)36)3-16-8-22(30)14(6-24(16)32)1-13(21)5-23(15)31/h5-12,29-36H,1-4H2. The van der Waals surface area contributed by atoms with E-state index >= 15 is 0 Å². The van der Waals surface area contributed by atoms with E-state index in [1.54, 1.807) is 0 Å². The topological polar surface area (TPSA) is 162 Å². The van der Waals surface area contributed by atoms with Crippen molar-refractivity contribution in [2.24, 2.45) is 0 Å². The van der Waals surface area contributed by atoms with Gasteiger partial charge in [-0.25, -0.2) is 0 Å². The van der Waals surface area contributed by atoms with E-state index in [2.05, 4.69) is 0 Å². The van der Waals surface area contributed by atoms with E-state index < -0.39 is 0 Å². The average Bonchev–Trinajstić information content (AvgIpc) is 2.80. The summed E-state index contributed by atoms with van der Waals surface area (Å²) in [6.07, 6.45) is 0.00324. The van der Waals surface area contributed by atoms with Gasteiger partial charge < -0.3 is 40.9 Å². The molecule has 10 aliphatic rings. The van der Waals surface area contributed by atoms with E-state index in [0.29, 0.717) is 44.5 Å². The molecule has 0 spiro atoms. The van der Waals surface area contributed by atoms with Crippen molar-refractivity contribution in [2.45, 2.75) is 25.7 Å². The van der Waals surface area contributed by atoms with Crippen LogP contribution in [0.4, 0.5) is 0 Å². The van der Waals surface area contributed by atoms with Crippen molar-refractivity contribution in [3.8, 4) is 46.0 Å². The molecule has 0 aliphatic heterocycles. The summed E-state index contributed by atoms with van der Waals surface area (Å²) in [6, 6.07) is 10.8. The van der Waals surface area contributed by atoms with Gasteiger partial charge in [-0.15, -0.1) is 0 Å². The predicted molar refractivity (Wildman–Crippen MR) is 130 cm³/mol. The predicted octanol–water partition coefficient (Wildman–Crippen LogP) is 4.01. The second-order valence-electron chi connectivity index (χ2n) is 9.15. The van der Waals surface area contributed by atoms with Gasteiger partial charge in [0.2, 0.25) is 0 Å². The van der Waals surface area contributed by atoms with Crippen molar-refractivity contribution >= 4 is 0 Å². The van der Waals surface area contributed by atoms with Crippen LogP contribution >= 0.6 is 0 Å². The van der Waals surface area contributed by atoms with E-state index in [1.807, 2.05) is 0 Å². The molecular formula is C28H24O8. The fourth-order valence-corrected chi connectivity index (χ4v) is 4.61. The van der Waals surface area contributed by atoms with E-state index in [9.17, 15) is 40.9 Å². The van der Waals surface area contributed by atoms with Crippen molar-refractivity contribution < 1.29 is 40.9 Å². The number of benzene rings is 4. The van der Waals surface area contributed by atoms with Gasteiger partial charge in [0.05, 0.1) is 0 Å². The summed E-state index contributed by atoms with van der Waals surface area (Å²) < 4.78 is 0. The van der Waals surface area contributed by atoms with E-state index in [1.165, 1.54) is 48.5 Å². The summed E-state index contributed by atoms with van der Waals surface area (Å²) in [4.78, 5) is 0. The zero-order valence-corrected chi connectivity index (χ0v) is 19.0. The van der Waals surface area contributed by atoms with Crippen LogP contribution in [-0.4, -0.2) is 40.9 Å². The lowest BCUT2D eigenvalue weighted by atomic mass is 9.93. The molecule has 0 saturated carbocycles. The van der Waals surface area contributed by atoms with Crippen LogP contribution in [0.3, 0.4) is 0 Å². The normalized spacial score (nSPS) is 12.9. The average molecular weight is 488 g/mol. The van der Waals surface area contributed by atoms with Gasteiger partial charge in [0, 0.05) is 70.2 Å². The van der Waals surface area contributed by atoms with Gasteiger partial charge in [0.25, 0.3) is 0 Å². The molecular weight excluding hydrogens is 464 g/mol. The van der Waals surface area contributed by atoms with Crippen LogP contribution in [0.15, 0.2) is 48.5 Å². The fourth-order valence-electron chi connectivity index (χ4n) is 4.61. The van der Waals surface area contributed by atoms with Crippen molar-refractivity contribution in [3.63, 3.8) is 0 Å². The van der Waals surface area contributed by atoms with Crippen LogP contribution < -0.4 is 0 Å². The zero-order chi connectivity index (χ0) is 25.7. The first-order valence-electron chi connectivity index (χ1n) is 11.2. The Bertz CT molecular complexity index is 1180. The number of phenols is 8. The maximum absolute atomic E-state index is 10.6. The minimum Gasteiger partial charge on any atom is -0.508 e. The Labute approximate surface area is 205 Å². The lowest BCUT2D eigenvalue weighted by molar-refractivity contribution is 0.439. The fraction of sp³-hybridized carbons (Fsp3) is 0.143. The number of aromatic hydroxyl groups is 8. The molecule has 4 aromatic carbocycles. The Morgan fingerprint density at radius 3 is 0.472 bits per heavy atom. The Morgan fingerprint density at radius 2 is 0.361 bits per heavy atom. The number of hydrogen-bond donors (Lipinski definition) is 8. The molecule has 8 heteroatoms.